The van der Waals surface area contributed by atoms with Gasteiger partial charge in [0.15, 0.2) is 0 Å². The standard InChI is InChI=1S/C13H18N4/c1-3-7-17-10-11(9-16-17)13-8-12(14-4-2)5-6-15-13/h5-6,8-10H,3-4,7H2,1-2H3,(H,14,15). The molecule has 0 unspecified atom stereocenters. The fourth-order valence-corrected chi connectivity index (χ4v) is 1.75. The number of aryl methyl sites for hydroxylation is 1. The second-order valence-corrected chi connectivity index (χ2v) is 3.95. The fourth-order valence-electron chi connectivity index (χ4n) is 1.75. The van der Waals surface area contributed by atoms with Crippen molar-refractivity contribution in [1.29, 1.82) is 0 Å². The zero-order valence-electron chi connectivity index (χ0n) is 10.3. The molecular weight excluding hydrogens is 212 g/mol. The molecule has 0 aromatic carbocycles. The summed E-state index contributed by atoms with van der Waals surface area (Å²) in [5, 5.41) is 7.60. The molecule has 17 heavy (non-hydrogen) atoms. The third-order valence-corrected chi connectivity index (χ3v) is 2.52. The van der Waals surface area contributed by atoms with Crippen LogP contribution < -0.4 is 5.32 Å². The third-order valence-electron chi connectivity index (χ3n) is 2.52. The molecule has 2 rings (SSSR count). The summed E-state index contributed by atoms with van der Waals surface area (Å²) < 4.78 is 1.96. The minimum absolute atomic E-state index is 0.915. The maximum absolute atomic E-state index is 4.37. The highest BCUT2D eigenvalue weighted by Crippen LogP contribution is 2.19. The number of hydrogen-bond acceptors (Lipinski definition) is 3. The Morgan fingerprint density at radius 2 is 2.24 bits per heavy atom. The van der Waals surface area contributed by atoms with Crippen LogP contribution in [0.3, 0.4) is 0 Å². The van der Waals surface area contributed by atoms with E-state index < -0.39 is 0 Å². The van der Waals surface area contributed by atoms with Gasteiger partial charge in [0, 0.05) is 36.7 Å². The summed E-state index contributed by atoms with van der Waals surface area (Å²) in [6.07, 6.45) is 6.83. The fraction of sp³-hybridized carbons (Fsp3) is 0.385. The summed E-state index contributed by atoms with van der Waals surface area (Å²) in [6.45, 7) is 6.09. The Morgan fingerprint density at radius 3 is 3.00 bits per heavy atom. The van der Waals surface area contributed by atoms with Crippen molar-refractivity contribution < 1.29 is 0 Å². The number of hydrogen-bond donors (Lipinski definition) is 1. The summed E-state index contributed by atoms with van der Waals surface area (Å²) in [4.78, 5) is 4.37. The highest BCUT2D eigenvalue weighted by Gasteiger charge is 2.03. The molecule has 0 fully saturated rings. The SMILES string of the molecule is CCCn1cc(-c2cc(NCC)ccn2)cn1. The van der Waals surface area contributed by atoms with Crippen molar-refractivity contribution in [1.82, 2.24) is 14.8 Å². The average Bonchev–Trinajstić information content (AvgIpc) is 2.79. The number of anilines is 1. The lowest BCUT2D eigenvalue weighted by Crippen LogP contribution is -1.97. The molecule has 0 aliphatic carbocycles. The maximum atomic E-state index is 4.37. The van der Waals surface area contributed by atoms with Gasteiger partial charge in [-0.3, -0.25) is 9.67 Å². The van der Waals surface area contributed by atoms with Crippen molar-refractivity contribution in [3.05, 3.63) is 30.7 Å². The van der Waals surface area contributed by atoms with Crippen molar-refractivity contribution in [2.75, 3.05) is 11.9 Å². The van der Waals surface area contributed by atoms with Crippen LogP contribution in [0.4, 0.5) is 5.69 Å². The number of nitrogens with one attached hydrogen (secondary N) is 1. The topological polar surface area (TPSA) is 42.7 Å². The van der Waals surface area contributed by atoms with Crippen LogP contribution in [0.5, 0.6) is 0 Å². The van der Waals surface area contributed by atoms with Crippen molar-refractivity contribution in [3.8, 4) is 11.3 Å². The lowest BCUT2D eigenvalue weighted by atomic mass is 10.2. The molecule has 2 aromatic heterocycles. The largest absolute Gasteiger partial charge is 0.385 e. The third kappa shape index (κ3) is 2.84. The molecule has 2 aromatic rings. The molecule has 90 valence electrons. The van der Waals surface area contributed by atoms with Crippen molar-refractivity contribution in [2.45, 2.75) is 26.8 Å². The van der Waals surface area contributed by atoms with Crippen LogP contribution in [-0.4, -0.2) is 21.3 Å². The molecule has 0 bridgehead atoms. The van der Waals surface area contributed by atoms with Gasteiger partial charge in [0.25, 0.3) is 0 Å². The molecule has 1 N–H and O–H groups in total. The van der Waals surface area contributed by atoms with Crippen LogP contribution in [0.2, 0.25) is 0 Å². The molecule has 0 aliphatic heterocycles. The number of rotatable bonds is 5. The average molecular weight is 230 g/mol. The van der Waals surface area contributed by atoms with Crippen LogP contribution in [0.1, 0.15) is 20.3 Å². The van der Waals surface area contributed by atoms with Gasteiger partial charge in [-0.05, 0) is 25.5 Å². The first kappa shape index (κ1) is 11.6. The summed E-state index contributed by atoms with van der Waals surface area (Å²) in [7, 11) is 0. The number of pyridine rings is 1. The molecule has 0 spiro atoms. The van der Waals surface area contributed by atoms with E-state index in [1.807, 2.05) is 29.3 Å². The smallest absolute Gasteiger partial charge is 0.0754 e. The van der Waals surface area contributed by atoms with E-state index in [0.29, 0.717) is 0 Å². The number of nitrogens with zero attached hydrogens (tertiary/aromatic N) is 3. The first-order chi connectivity index (χ1) is 8.33. The van der Waals surface area contributed by atoms with Crippen molar-refractivity contribution in [3.63, 3.8) is 0 Å². The zero-order chi connectivity index (χ0) is 12.1. The van der Waals surface area contributed by atoms with Gasteiger partial charge in [-0.2, -0.15) is 5.10 Å². The predicted octanol–water partition coefficient (Wildman–Crippen LogP) is 2.79. The van der Waals surface area contributed by atoms with Gasteiger partial charge < -0.3 is 5.32 Å². The zero-order valence-corrected chi connectivity index (χ0v) is 10.3. The quantitative estimate of drug-likeness (QED) is 0.858. The Balaban J connectivity index is 2.22. The van der Waals surface area contributed by atoms with E-state index in [1.54, 1.807) is 0 Å². The molecule has 0 aliphatic rings. The van der Waals surface area contributed by atoms with E-state index in [0.717, 1.165) is 36.5 Å². The normalized spacial score (nSPS) is 10.5. The van der Waals surface area contributed by atoms with E-state index in [-0.39, 0.29) is 0 Å². The minimum Gasteiger partial charge on any atom is -0.385 e. The summed E-state index contributed by atoms with van der Waals surface area (Å²) >= 11 is 0. The van der Waals surface area contributed by atoms with E-state index in [1.165, 1.54) is 0 Å². The second-order valence-electron chi connectivity index (χ2n) is 3.95. The Bertz CT molecular complexity index is 476. The molecule has 2 heterocycles. The van der Waals surface area contributed by atoms with Gasteiger partial charge in [0.1, 0.15) is 0 Å². The number of aromatic nitrogens is 3. The minimum atomic E-state index is 0.915. The molecule has 0 amide bonds. The van der Waals surface area contributed by atoms with E-state index >= 15 is 0 Å². The maximum Gasteiger partial charge on any atom is 0.0754 e. The van der Waals surface area contributed by atoms with Gasteiger partial charge in [0.2, 0.25) is 0 Å². The monoisotopic (exact) mass is 230 g/mol. The van der Waals surface area contributed by atoms with Crippen molar-refractivity contribution >= 4 is 5.69 Å². The summed E-state index contributed by atoms with van der Waals surface area (Å²) in [6, 6.07) is 4.03. The molecule has 0 atom stereocenters. The molecule has 0 saturated carbocycles. The van der Waals surface area contributed by atoms with Crippen LogP contribution in [0.25, 0.3) is 11.3 Å². The van der Waals surface area contributed by atoms with Crippen molar-refractivity contribution in [2.24, 2.45) is 0 Å². The van der Waals surface area contributed by atoms with Crippen LogP contribution in [-0.2, 0) is 6.54 Å². The summed E-state index contributed by atoms with van der Waals surface area (Å²) in [5.41, 5.74) is 3.13. The molecule has 0 radical (unpaired) electrons. The van der Waals surface area contributed by atoms with Crippen LogP contribution >= 0.6 is 0 Å². The summed E-state index contributed by atoms with van der Waals surface area (Å²) in [5.74, 6) is 0. The van der Waals surface area contributed by atoms with Gasteiger partial charge in [-0.15, -0.1) is 0 Å². The first-order valence-electron chi connectivity index (χ1n) is 6.06. The second kappa shape index (κ2) is 5.48. The Kier molecular flexibility index (Phi) is 3.75. The van der Waals surface area contributed by atoms with E-state index in [2.05, 4.69) is 35.3 Å². The molecule has 0 saturated heterocycles. The van der Waals surface area contributed by atoms with Gasteiger partial charge in [0.05, 0.1) is 11.9 Å². The van der Waals surface area contributed by atoms with E-state index in [9.17, 15) is 0 Å². The van der Waals surface area contributed by atoms with Gasteiger partial charge >= 0.3 is 0 Å². The Morgan fingerprint density at radius 1 is 1.35 bits per heavy atom. The molecule has 4 heteroatoms. The first-order valence-corrected chi connectivity index (χ1v) is 6.06. The molecule has 4 nitrogen and oxygen atoms in total. The van der Waals surface area contributed by atoms with E-state index in [4.69, 9.17) is 0 Å². The highest BCUT2D eigenvalue weighted by atomic mass is 15.3. The lowest BCUT2D eigenvalue weighted by Gasteiger charge is -2.03. The Labute approximate surface area is 102 Å². The predicted molar refractivity (Wildman–Crippen MR) is 69.9 cm³/mol. The highest BCUT2D eigenvalue weighted by molar-refractivity contribution is 5.62. The Hall–Kier alpha value is -1.84. The molecular formula is C13H18N4. The van der Waals surface area contributed by atoms with Crippen LogP contribution in [0.15, 0.2) is 30.7 Å². The van der Waals surface area contributed by atoms with Gasteiger partial charge in [-0.25, -0.2) is 0 Å². The van der Waals surface area contributed by atoms with Gasteiger partial charge in [-0.1, -0.05) is 6.92 Å². The van der Waals surface area contributed by atoms with Crippen LogP contribution in [0, 0.1) is 0 Å². The lowest BCUT2D eigenvalue weighted by molar-refractivity contribution is 0.603.